The maximum Gasteiger partial charge on any atom is 0.235 e. The minimum absolute atomic E-state index is 0.0467. The number of amides is 1. The molecule has 1 saturated heterocycles. The molecule has 0 aromatic rings. The standard InChI is InChI=1S/C11H23N3O3/c1-9(7-10(15)13-12)14(2)8-11(16)3-5-17-6-4-11/h9,16H,3-8,12H2,1-2H3,(H,13,15). The van der Waals surface area contributed by atoms with E-state index in [-0.39, 0.29) is 11.9 Å². The Hall–Kier alpha value is -0.690. The second-order valence-electron chi connectivity index (χ2n) is 4.87. The second-order valence-corrected chi connectivity index (χ2v) is 4.87. The van der Waals surface area contributed by atoms with Crippen molar-refractivity contribution >= 4 is 5.91 Å². The lowest BCUT2D eigenvalue weighted by molar-refractivity contribution is -0.123. The predicted molar refractivity (Wildman–Crippen MR) is 64.0 cm³/mol. The average molecular weight is 245 g/mol. The van der Waals surface area contributed by atoms with Gasteiger partial charge in [-0.3, -0.25) is 10.2 Å². The molecule has 4 N–H and O–H groups in total. The first-order valence-corrected chi connectivity index (χ1v) is 5.97. The zero-order chi connectivity index (χ0) is 12.9. The van der Waals surface area contributed by atoms with Crippen LogP contribution in [-0.4, -0.2) is 54.4 Å². The number of hydrogen-bond donors (Lipinski definition) is 3. The van der Waals surface area contributed by atoms with Crippen LogP contribution in [0.2, 0.25) is 0 Å². The van der Waals surface area contributed by atoms with Crippen LogP contribution in [-0.2, 0) is 9.53 Å². The molecule has 0 radical (unpaired) electrons. The van der Waals surface area contributed by atoms with Crippen LogP contribution >= 0.6 is 0 Å². The lowest BCUT2D eigenvalue weighted by Crippen LogP contribution is -2.49. The van der Waals surface area contributed by atoms with Crippen molar-refractivity contribution in [1.29, 1.82) is 0 Å². The molecule has 100 valence electrons. The molecule has 1 amide bonds. The fourth-order valence-electron chi connectivity index (χ4n) is 2.01. The number of rotatable bonds is 5. The number of aliphatic hydroxyl groups is 1. The number of likely N-dealkylation sites (N-methyl/N-ethyl adjacent to an activating group) is 1. The number of nitrogens with two attached hydrogens (primary N) is 1. The third-order valence-electron chi connectivity index (χ3n) is 3.36. The van der Waals surface area contributed by atoms with E-state index in [0.29, 0.717) is 39.0 Å². The minimum atomic E-state index is -0.694. The van der Waals surface area contributed by atoms with Crippen LogP contribution in [0.1, 0.15) is 26.2 Å². The number of carbonyl (C=O) groups is 1. The van der Waals surface area contributed by atoms with Crippen molar-refractivity contribution in [1.82, 2.24) is 10.3 Å². The Bertz CT molecular complexity index is 254. The van der Waals surface area contributed by atoms with Crippen LogP contribution in [0.3, 0.4) is 0 Å². The highest BCUT2D eigenvalue weighted by atomic mass is 16.5. The molecule has 6 nitrogen and oxygen atoms in total. The molecule has 0 aromatic carbocycles. The number of ether oxygens (including phenoxy) is 1. The molecule has 1 heterocycles. The Kier molecular flexibility index (Phi) is 5.32. The molecule has 1 atom stereocenters. The van der Waals surface area contributed by atoms with Crippen molar-refractivity contribution in [2.75, 3.05) is 26.8 Å². The summed E-state index contributed by atoms with van der Waals surface area (Å²) in [4.78, 5) is 13.1. The Morgan fingerprint density at radius 1 is 1.59 bits per heavy atom. The monoisotopic (exact) mass is 245 g/mol. The Morgan fingerprint density at radius 3 is 2.71 bits per heavy atom. The van der Waals surface area contributed by atoms with E-state index in [0.717, 1.165) is 0 Å². The van der Waals surface area contributed by atoms with Crippen molar-refractivity contribution in [2.24, 2.45) is 5.84 Å². The van der Waals surface area contributed by atoms with Crippen LogP contribution in [0.25, 0.3) is 0 Å². The van der Waals surface area contributed by atoms with E-state index in [1.807, 2.05) is 18.9 Å². The first kappa shape index (κ1) is 14.4. The van der Waals surface area contributed by atoms with Gasteiger partial charge in [0.15, 0.2) is 0 Å². The second kappa shape index (κ2) is 6.30. The minimum Gasteiger partial charge on any atom is -0.388 e. The molecule has 0 aliphatic carbocycles. The molecule has 1 aliphatic heterocycles. The van der Waals surface area contributed by atoms with Gasteiger partial charge in [0.1, 0.15) is 0 Å². The lowest BCUT2D eigenvalue weighted by atomic mass is 9.93. The fraction of sp³-hybridized carbons (Fsp3) is 0.909. The summed E-state index contributed by atoms with van der Waals surface area (Å²) in [7, 11) is 1.90. The maximum atomic E-state index is 11.2. The van der Waals surface area contributed by atoms with E-state index >= 15 is 0 Å². The van der Waals surface area contributed by atoms with Gasteiger partial charge in [-0.2, -0.15) is 0 Å². The molecular weight excluding hydrogens is 222 g/mol. The topological polar surface area (TPSA) is 87.8 Å². The Balaban J connectivity index is 2.41. The molecule has 1 rings (SSSR count). The van der Waals surface area contributed by atoms with Crippen LogP contribution in [0.4, 0.5) is 0 Å². The van der Waals surface area contributed by atoms with Gasteiger partial charge in [0, 0.05) is 45.1 Å². The summed E-state index contributed by atoms with van der Waals surface area (Å²) in [5, 5.41) is 10.3. The van der Waals surface area contributed by atoms with Crippen LogP contribution in [0.5, 0.6) is 0 Å². The van der Waals surface area contributed by atoms with Gasteiger partial charge in [0.05, 0.1) is 5.60 Å². The lowest BCUT2D eigenvalue weighted by Gasteiger charge is -2.37. The summed E-state index contributed by atoms with van der Waals surface area (Å²) >= 11 is 0. The van der Waals surface area contributed by atoms with E-state index in [2.05, 4.69) is 5.43 Å². The molecule has 1 unspecified atom stereocenters. The van der Waals surface area contributed by atoms with Gasteiger partial charge in [0.2, 0.25) is 5.91 Å². The molecule has 1 fully saturated rings. The van der Waals surface area contributed by atoms with Gasteiger partial charge >= 0.3 is 0 Å². The summed E-state index contributed by atoms with van der Waals surface area (Å²) < 4.78 is 5.23. The number of nitrogens with one attached hydrogen (secondary N) is 1. The molecule has 0 bridgehead atoms. The molecule has 0 spiro atoms. The summed E-state index contributed by atoms with van der Waals surface area (Å²) in [5.74, 6) is 4.86. The van der Waals surface area contributed by atoms with Crippen LogP contribution < -0.4 is 11.3 Å². The molecule has 6 heteroatoms. The number of carbonyl (C=O) groups excluding carboxylic acids is 1. The zero-order valence-corrected chi connectivity index (χ0v) is 10.6. The largest absolute Gasteiger partial charge is 0.388 e. The molecule has 0 aromatic heterocycles. The van der Waals surface area contributed by atoms with Crippen molar-refractivity contribution in [3.8, 4) is 0 Å². The van der Waals surface area contributed by atoms with E-state index in [4.69, 9.17) is 10.6 Å². The SMILES string of the molecule is CC(CC(=O)NN)N(C)CC1(O)CCOCC1. The number of hydrazine groups is 1. The smallest absolute Gasteiger partial charge is 0.235 e. The summed E-state index contributed by atoms with van der Waals surface area (Å²) in [5.41, 5.74) is 1.42. The molecular formula is C11H23N3O3. The third-order valence-corrected chi connectivity index (χ3v) is 3.36. The number of nitrogens with zero attached hydrogens (tertiary/aromatic N) is 1. The first-order chi connectivity index (χ1) is 7.97. The Labute approximate surface area is 102 Å². The van der Waals surface area contributed by atoms with Crippen LogP contribution in [0, 0.1) is 0 Å². The van der Waals surface area contributed by atoms with Gasteiger partial charge in [-0.15, -0.1) is 0 Å². The van der Waals surface area contributed by atoms with E-state index in [1.54, 1.807) is 0 Å². The number of hydrogen-bond acceptors (Lipinski definition) is 5. The molecule has 1 aliphatic rings. The predicted octanol–water partition coefficient (Wildman–Crippen LogP) is -0.772. The van der Waals surface area contributed by atoms with Gasteiger partial charge in [-0.1, -0.05) is 0 Å². The van der Waals surface area contributed by atoms with Gasteiger partial charge in [0.25, 0.3) is 0 Å². The summed E-state index contributed by atoms with van der Waals surface area (Å²) in [6.07, 6.45) is 1.62. The van der Waals surface area contributed by atoms with Crippen molar-refractivity contribution in [3.05, 3.63) is 0 Å². The van der Waals surface area contributed by atoms with E-state index in [1.165, 1.54) is 0 Å². The highest BCUT2D eigenvalue weighted by Crippen LogP contribution is 2.22. The Morgan fingerprint density at radius 2 is 2.18 bits per heavy atom. The van der Waals surface area contributed by atoms with Gasteiger partial charge in [-0.05, 0) is 14.0 Å². The van der Waals surface area contributed by atoms with E-state index in [9.17, 15) is 9.90 Å². The summed E-state index contributed by atoms with van der Waals surface area (Å²) in [6, 6.07) is 0.0467. The fourth-order valence-corrected chi connectivity index (χ4v) is 2.01. The highest BCUT2D eigenvalue weighted by molar-refractivity contribution is 5.75. The quantitative estimate of drug-likeness (QED) is 0.336. The molecule has 0 saturated carbocycles. The first-order valence-electron chi connectivity index (χ1n) is 5.97. The molecule has 17 heavy (non-hydrogen) atoms. The van der Waals surface area contributed by atoms with Gasteiger partial charge in [-0.25, -0.2) is 5.84 Å². The van der Waals surface area contributed by atoms with Crippen LogP contribution in [0.15, 0.2) is 0 Å². The third kappa shape index (κ3) is 4.59. The van der Waals surface area contributed by atoms with E-state index < -0.39 is 5.60 Å². The normalized spacial score (nSPS) is 21.2. The maximum absolute atomic E-state index is 11.2. The van der Waals surface area contributed by atoms with Crippen molar-refractivity contribution < 1.29 is 14.6 Å². The zero-order valence-electron chi connectivity index (χ0n) is 10.6. The summed E-state index contributed by atoms with van der Waals surface area (Å²) in [6.45, 7) is 3.69. The van der Waals surface area contributed by atoms with Crippen molar-refractivity contribution in [3.63, 3.8) is 0 Å². The van der Waals surface area contributed by atoms with Crippen molar-refractivity contribution in [2.45, 2.75) is 37.8 Å². The van der Waals surface area contributed by atoms with Gasteiger partial charge < -0.3 is 14.7 Å². The average Bonchev–Trinajstić information content (AvgIpc) is 2.29. The highest BCUT2D eigenvalue weighted by Gasteiger charge is 2.32.